The summed E-state index contributed by atoms with van der Waals surface area (Å²) in [6.45, 7) is 4.68. The molecule has 0 unspecified atom stereocenters. The van der Waals surface area contributed by atoms with Crippen molar-refractivity contribution in [3.63, 3.8) is 0 Å². The first-order chi connectivity index (χ1) is 14.4. The summed E-state index contributed by atoms with van der Waals surface area (Å²) in [5.74, 6) is -1.50. The summed E-state index contributed by atoms with van der Waals surface area (Å²) < 4.78 is 7.20. The van der Waals surface area contributed by atoms with Gasteiger partial charge >= 0.3 is 11.8 Å². The first-order valence-electron chi connectivity index (χ1n) is 9.50. The minimum Gasteiger partial charge on any atom is -0.374 e. The maximum atomic E-state index is 12.2. The van der Waals surface area contributed by atoms with Crippen LogP contribution in [-0.2, 0) is 27.5 Å². The lowest BCUT2D eigenvalue weighted by Gasteiger charge is -2.10. The normalized spacial score (nSPS) is 10.8. The highest BCUT2D eigenvalue weighted by Crippen LogP contribution is 2.23. The standard InChI is InChI=1S/C22H23ClN4O3/c1-15(2)30-14-17-6-3-5-16(11-17)13-24-21(28)22(29)26-18-7-8-20(19(23)12-18)27-10-4-9-25-27/h3-12,15H,13-14H2,1-2H3,(H,24,28)(H,26,29). The molecular weight excluding hydrogens is 404 g/mol. The zero-order valence-electron chi connectivity index (χ0n) is 16.8. The molecule has 0 saturated heterocycles. The van der Waals surface area contributed by atoms with E-state index in [1.807, 2.05) is 38.1 Å². The van der Waals surface area contributed by atoms with E-state index in [9.17, 15) is 9.59 Å². The van der Waals surface area contributed by atoms with Gasteiger partial charge in [0.25, 0.3) is 0 Å². The van der Waals surface area contributed by atoms with E-state index in [0.717, 1.165) is 11.1 Å². The summed E-state index contributed by atoms with van der Waals surface area (Å²) in [5.41, 5.74) is 2.98. The molecule has 8 heteroatoms. The molecule has 7 nitrogen and oxygen atoms in total. The number of aromatic nitrogens is 2. The fourth-order valence-corrected chi connectivity index (χ4v) is 2.99. The van der Waals surface area contributed by atoms with Gasteiger partial charge in [-0.3, -0.25) is 9.59 Å². The molecule has 2 amide bonds. The van der Waals surface area contributed by atoms with Crippen molar-refractivity contribution in [3.8, 4) is 5.69 Å². The van der Waals surface area contributed by atoms with Gasteiger partial charge in [0, 0.05) is 24.6 Å². The van der Waals surface area contributed by atoms with E-state index in [1.165, 1.54) is 0 Å². The predicted octanol–water partition coefficient (Wildman–Crippen LogP) is 3.71. The number of ether oxygens (including phenoxy) is 1. The Labute approximate surface area is 180 Å². The van der Waals surface area contributed by atoms with Gasteiger partial charge in [-0.15, -0.1) is 0 Å². The van der Waals surface area contributed by atoms with E-state index in [2.05, 4.69) is 15.7 Å². The predicted molar refractivity (Wildman–Crippen MR) is 115 cm³/mol. The van der Waals surface area contributed by atoms with E-state index >= 15 is 0 Å². The Morgan fingerprint density at radius 2 is 1.90 bits per heavy atom. The zero-order valence-corrected chi connectivity index (χ0v) is 17.5. The van der Waals surface area contributed by atoms with E-state index in [1.54, 1.807) is 41.3 Å². The van der Waals surface area contributed by atoms with Gasteiger partial charge in [-0.1, -0.05) is 35.9 Å². The monoisotopic (exact) mass is 426 g/mol. The minimum atomic E-state index is -0.766. The second-order valence-electron chi connectivity index (χ2n) is 6.93. The quantitative estimate of drug-likeness (QED) is 0.564. The van der Waals surface area contributed by atoms with Crippen molar-refractivity contribution in [1.82, 2.24) is 15.1 Å². The van der Waals surface area contributed by atoms with Crippen molar-refractivity contribution in [1.29, 1.82) is 0 Å². The van der Waals surface area contributed by atoms with Crippen molar-refractivity contribution in [3.05, 3.63) is 77.1 Å². The van der Waals surface area contributed by atoms with Crippen LogP contribution in [0.1, 0.15) is 25.0 Å². The number of hydrogen-bond acceptors (Lipinski definition) is 4. The molecule has 1 aromatic heterocycles. The van der Waals surface area contributed by atoms with Gasteiger partial charge in [-0.25, -0.2) is 4.68 Å². The zero-order chi connectivity index (χ0) is 21.5. The third-order valence-corrected chi connectivity index (χ3v) is 4.49. The molecule has 2 N–H and O–H groups in total. The van der Waals surface area contributed by atoms with Gasteiger partial charge in [0.05, 0.1) is 23.4 Å². The van der Waals surface area contributed by atoms with Gasteiger partial charge < -0.3 is 15.4 Å². The molecule has 0 bridgehead atoms. The van der Waals surface area contributed by atoms with Crippen molar-refractivity contribution >= 4 is 29.1 Å². The van der Waals surface area contributed by atoms with Crippen molar-refractivity contribution in [2.24, 2.45) is 0 Å². The highest BCUT2D eigenvalue weighted by molar-refractivity contribution is 6.40. The lowest BCUT2D eigenvalue weighted by molar-refractivity contribution is -0.136. The first kappa shape index (κ1) is 21.5. The topological polar surface area (TPSA) is 85.2 Å². The molecule has 0 aliphatic rings. The van der Waals surface area contributed by atoms with Gasteiger partial charge in [0.15, 0.2) is 0 Å². The molecule has 0 fully saturated rings. The van der Waals surface area contributed by atoms with Gasteiger partial charge in [0.2, 0.25) is 0 Å². The Morgan fingerprint density at radius 1 is 1.10 bits per heavy atom. The minimum absolute atomic E-state index is 0.138. The summed E-state index contributed by atoms with van der Waals surface area (Å²) in [6.07, 6.45) is 3.54. The van der Waals surface area contributed by atoms with Gasteiger partial charge in [-0.2, -0.15) is 5.10 Å². The smallest absolute Gasteiger partial charge is 0.313 e. The second kappa shape index (κ2) is 10.0. The van der Waals surface area contributed by atoms with Crippen LogP contribution in [0.5, 0.6) is 0 Å². The molecule has 2 aromatic carbocycles. The average molecular weight is 427 g/mol. The number of amides is 2. The molecular formula is C22H23ClN4O3. The molecule has 0 radical (unpaired) electrons. The maximum Gasteiger partial charge on any atom is 0.313 e. The fourth-order valence-electron chi connectivity index (χ4n) is 2.72. The van der Waals surface area contributed by atoms with Crippen LogP contribution in [0.4, 0.5) is 5.69 Å². The van der Waals surface area contributed by atoms with Gasteiger partial charge in [0.1, 0.15) is 0 Å². The number of nitrogens with zero attached hydrogens (tertiary/aromatic N) is 2. The van der Waals surface area contributed by atoms with Crippen LogP contribution < -0.4 is 10.6 Å². The van der Waals surface area contributed by atoms with Crippen molar-refractivity contribution in [2.45, 2.75) is 33.1 Å². The van der Waals surface area contributed by atoms with E-state index in [0.29, 0.717) is 23.0 Å². The number of rotatable bonds is 7. The molecule has 156 valence electrons. The third kappa shape index (κ3) is 5.92. The Morgan fingerprint density at radius 3 is 2.60 bits per heavy atom. The molecule has 0 atom stereocenters. The molecule has 1 heterocycles. The number of benzene rings is 2. The largest absolute Gasteiger partial charge is 0.374 e. The Hall–Kier alpha value is -3.16. The molecule has 3 rings (SSSR count). The van der Waals surface area contributed by atoms with Crippen LogP contribution in [0.15, 0.2) is 60.9 Å². The molecule has 0 spiro atoms. The van der Waals surface area contributed by atoms with Crippen molar-refractivity contribution in [2.75, 3.05) is 5.32 Å². The number of nitrogens with one attached hydrogen (secondary N) is 2. The third-order valence-electron chi connectivity index (χ3n) is 4.19. The summed E-state index contributed by atoms with van der Waals surface area (Å²) >= 11 is 6.26. The molecule has 0 aliphatic carbocycles. The second-order valence-corrected chi connectivity index (χ2v) is 7.34. The number of carbonyl (C=O) groups excluding carboxylic acids is 2. The number of hydrogen-bond donors (Lipinski definition) is 2. The summed E-state index contributed by atoms with van der Waals surface area (Å²) in [4.78, 5) is 24.4. The van der Waals surface area contributed by atoms with Crippen LogP contribution in [0.25, 0.3) is 5.69 Å². The summed E-state index contributed by atoms with van der Waals surface area (Å²) in [7, 11) is 0. The van der Waals surface area contributed by atoms with E-state index in [4.69, 9.17) is 16.3 Å². The van der Waals surface area contributed by atoms with Crippen molar-refractivity contribution < 1.29 is 14.3 Å². The molecule has 0 aliphatic heterocycles. The molecule has 30 heavy (non-hydrogen) atoms. The lowest BCUT2D eigenvalue weighted by Crippen LogP contribution is -2.35. The molecule has 3 aromatic rings. The number of carbonyl (C=O) groups is 2. The van der Waals surface area contributed by atoms with Crippen LogP contribution in [0, 0.1) is 0 Å². The number of halogens is 1. The summed E-state index contributed by atoms with van der Waals surface area (Å²) in [5, 5.41) is 9.69. The van der Waals surface area contributed by atoms with E-state index in [-0.39, 0.29) is 12.6 Å². The van der Waals surface area contributed by atoms with E-state index < -0.39 is 11.8 Å². The highest BCUT2D eigenvalue weighted by atomic mass is 35.5. The fraction of sp³-hybridized carbons (Fsp3) is 0.227. The van der Waals surface area contributed by atoms with Crippen LogP contribution in [0.3, 0.4) is 0 Å². The van der Waals surface area contributed by atoms with Crippen LogP contribution in [0.2, 0.25) is 5.02 Å². The van der Waals surface area contributed by atoms with Crippen LogP contribution in [-0.4, -0.2) is 27.7 Å². The Balaban J connectivity index is 1.54. The lowest BCUT2D eigenvalue weighted by atomic mass is 10.1. The first-order valence-corrected chi connectivity index (χ1v) is 9.88. The summed E-state index contributed by atoms with van der Waals surface area (Å²) in [6, 6.07) is 14.4. The Kier molecular flexibility index (Phi) is 7.21. The van der Waals surface area contributed by atoms with Gasteiger partial charge in [-0.05, 0) is 49.2 Å². The SMILES string of the molecule is CC(C)OCc1cccc(CNC(=O)C(=O)Nc2ccc(-n3cccn3)c(Cl)c2)c1. The maximum absolute atomic E-state index is 12.2. The van der Waals surface area contributed by atoms with Crippen LogP contribution >= 0.6 is 11.6 Å². The highest BCUT2D eigenvalue weighted by Gasteiger charge is 2.14. The Bertz CT molecular complexity index is 1020. The average Bonchev–Trinajstić information content (AvgIpc) is 3.25. The molecule has 0 saturated carbocycles. The number of anilines is 1.